The van der Waals surface area contributed by atoms with Crippen molar-refractivity contribution in [3.63, 3.8) is 0 Å². The second-order valence-corrected chi connectivity index (χ2v) is 10.6. The maximum absolute atomic E-state index is 14.6. The number of anilines is 1. The zero-order valence-corrected chi connectivity index (χ0v) is 22.6. The van der Waals surface area contributed by atoms with Gasteiger partial charge in [0.15, 0.2) is 0 Å². The molecule has 0 saturated carbocycles. The number of hydrogen-bond acceptors (Lipinski definition) is 4. The van der Waals surface area contributed by atoms with Crippen molar-refractivity contribution in [2.75, 3.05) is 18.0 Å². The van der Waals surface area contributed by atoms with Gasteiger partial charge in [-0.15, -0.1) is 0 Å². The minimum absolute atomic E-state index is 0.0564. The van der Waals surface area contributed by atoms with Crippen molar-refractivity contribution >= 4 is 5.69 Å². The van der Waals surface area contributed by atoms with E-state index >= 15 is 0 Å². The van der Waals surface area contributed by atoms with Gasteiger partial charge in [-0.05, 0) is 55.4 Å². The molecule has 1 fully saturated rings. The number of aromatic nitrogens is 2. The Morgan fingerprint density at radius 2 is 1.45 bits per heavy atom. The molecule has 1 aliphatic heterocycles. The predicted octanol–water partition coefficient (Wildman–Crippen LogP) is 4.80. The molecule has 0 spiro atoms. The van der Waals surface area contributed by atoms with Crippen LogP contribution in [0.5, 0.6) is 0 Å². The van der Waals surface area contributed by atoms with Crippen molar-refractivity contribution in [1.82, 2.24) is 9.13 Å². The average Bonchev–Trinajstić information content (AvgIpc) is 2.96. The van der Waals surface area contributed by atoms with Crippen LogP contribution in [0.4, 0.5) is 14.5 Å². The van der Waals surface area contributed by atoms with Crippen LogP contribution in [0.25, 0.3) is 0 Å². The summed E-state index contributed by atoms with van der Waals surface area (Å²) in [5.41, 5.74) is 7.98. The summed E-state index contributed by atoms with van der Waals surface area (Å²) < 4.78 is 31.7. The normalized spacial score (nSPS) is 14.8. The Balaban J connectivity index is 1.51. The monoisotopic (exact) mass is 544 g/mol. The first-order valence-corrected chi connectivity index (χ1v) is 13.7. The standard InChI is InChI=1S/C32H34F2N4O2/c1-22-30(36-17-15-24(16-18-36)19-23-9-4-2-5-10-23)31(39)38(21-29(35)25-11-6-3-7-12-25)32(40)37(22)20-26-27(33)13-8-14-28(26)34/h2-14,24,29H,15-21,35H2,1H3/t29-/m1/s1. The Bertz CT molecular complexity index is 1560. The number of nitrogens with zero attached hydrogens (tertiary/aromatic N) is 3. The Morgan fingerprint density at radius 1 is 0.850 bits per heavy atom. The average molecular weight is 545 g/mol. The fourth-order valence-corrected chi connectivity index (χ4v) is 5.65. The summed E-state index contributed by atoms with van der Waals surface area (Å²) in [6.45, 7) is 2.57. The molecule has 3 aromatic carbocycles. The molecule has 0 aliphatic carbocycles. The number of hydrogen-bond donors (Lipinski definition) is 1. The number of rotatable bonds is 8. The van der Waals surface area contributed by atoms with Gasteiger partial charge in [0, 0.05) is 30.4 Å². The van der Waals surface area contributed by atoms with E-state index in [1.807, 2.05) is 53.4 Å². The van der Waals surface area contributed by atoms with E-state index in [1.54, 1.807) is 6.92 Å². The molecule has 2 heterocycles. The number of nitrogens with two attached hydrogens (primary N) is 1. The summed E-state index contributed by atoms with van der Waals surface area (Å²) in [7, 11) is 0. The lowest BCUT2D eigenvalue weighted by atomic mass is 9.90. The highest BCUT2D eigenvalue weighted by Crippen LogP contribution is 2.26. The van der Waals surface area contributed by atoms with Gasteiger partial charge in [-0.25, -0.2) is 13.6 Å². The molecule has 0 amide bonds. The minimum Gasteiger partial charge on any atom is -0.366 e. The number of benzene rings is 3. The quantitative estimate of drug-likeness (QED) is 0.346. The fraction of sp³-hybridized carbons (Fsp3) is 0.312. The van der Waals surface area contributed by atoms with Crippen molar-refractivity contribution < 1.29 is 8.78 Å². The van der Waals surface area contributed by atoms with Gasteiger partial charge in [0.05, 0.1) is 13.1 Å². The van der Waals surface area contributed by atoms with E-state index < -0.39 is 28.9 Å². The molecule has 2 N–H and O–H groups in total. The molecule has 1 atom stereocenters. The SMILES string of the molecule is Cc1c(N2CCC(Cc3ccccc3)CC2)c(=O)n(C[C@@H](N)c2ccccc2)c(=O)n1Cc1c(F)cccc1F. The first-order chi connectivity index (χ1) is 19.3. The van der Waals surface area contributed by atoms with Crippen molar-refractivity contribution in [2.24, 2.45) is 11.7 Å². The van der Waals surface area contributed by atoms with E-state index in [0.717, 1.165) is 29.4 Å². The van der Waals surface area contributed by atoms with E-state index in [1.165, 1.54) is 28.3 Å². The molecule has 1 aromatic heterocycles. The van der Waals surface area contributed by atoms with Gasteiger partial charge in [-0.3, -0.25) is 13.9 Å². The molecule has 6 nitrogen and oxygen atoms in total. The Morgan fingerprint density at radius 3 is 2.08 bits per heavy atom. The lowest BCUT2D eigenvalue weighted by Crippen LogP contribution is -2.48. The second-order valence-electron chi connectivity index (χ2n) is 10.6. The molecule has 8 heteroatoms. The maximum atomic E-state index is 14.6. The van der Waals surface area contributed by atoms with Crippen LogP contribution in [0.1, 0.15) is 41.3 Å². The Kier molecular flexibility index (Phi) is 8.26. The molecule has 0 bridgehead atoms. The summed E-state index contributed by atoms with van der Waals surface area (Å²) in [5, 5.41) is 0. The minimum atomic E-state index is -0.742. The molecule has 0 radical (unpaired) electrons. The molecule has 5 rings (SSSR count). The largest absolute Gasteiger partial charge is 0.366 e. The van der Waals surface area contributed by atoms with E-state index in [9.17, 15) is 18.4 Å². The van der Waals surface area contributed by atoms with Gasteiger partial charge in [0.25, 0.3) is 5.56 Å². The third-order valence-corrected chi connectivity index (χ3v) is 7.94. The predicted molar refractivity (Wildman–Crippen MR) is 154 cm³/mol. The molecule has 4 aromatic rings. The topological polar surface area (TPSA) is 73.3 Å². The fourth-order valence-electron chi connectivity index (χ4n) is 5.65. The summed E-state index contributed by atoms with van der Waals surface area (Å²) in [5.74, 6) is -1.01. The summed E-state index contributed by atoms with van der Waals surface area (Å²) >= 11 is 0. The molecule has 208 valence electrons. The highest BCUT2D eigenvalue weighted by Gasteiger charge is 2.27. The third-order valence-electron chi connectivity index (χ3n) is 7.94. The van der Waals surface area contributed by atoms with E-state index in [0.29, 0.717) is 30.4 Å². The Hall–Kier alpha value is -4.04. The zero-order valence-electron chi connectivity index (χ0n) is 22.6. The molecular weight excluding hydrogens is 510 g/mol. The maximum Gasteiger partial charge on any atom is 0.331 e. The zero-order chi connectivity index (χ0) is 28.2. The van der Waals surface area contributed by atoms with E-state index in [-0.39, 0.29) is 18.7 Å². The van der Waals surface area contributed by atoms with Crippen LogP contribution in [0.15, 0.2) is 88.5 Å². The lowest BCUT2D eigenvalue weighted by molar-refractivity contribution is 0.400. The highest BCUT2D eigenvalue weighted by molar-refractivity contribution is 5.49. The molecule has 1 aliphatic rings. The molecule has 0 unspecified atom stereocenters. The van der Waals surface area contributed by atoms with Crippen molar-refractivity contribution in [3.05, 3.63) is 134 Å². The van der Waals surface area contributed by atoms with Gasteiger partial charge in [0.1, 0.15) is 17.3 Å². The van der Waals surface area contributed by atoms with Crippen molar-refractivity contribution in [2.45, 2.75) is 45.3 Å². The summed E-state index contributed by atoms with van der Waals surface area (Å²) in [6, 6.07) is 22.6. The van der Waals surface area contributed by atoms with Crippen LogP contribution in [-0.4, -0.2) is 22.2 Å². The van der Waals surface area contributed by atoms with Crippen LogP contribution in [0.2, 0.25) is 0 Å². The van der Waals surface area contributed by atoms with Crippen LogP contribution < -0.4 is 21.9 Å². The van der Waals surface area contributed by atoms with Gasteiger partial charge in [-0.2, -0.15) is 0 Å². The smallest absolute Gasteiger partial charge is 0.331 e. The van der Waals surface area contributed by atoms with Gasteiger partial charge in [-0.1, -0.05) is 66.7 Å². The first kappa shape index (κ1) is 27.5. The number of halogens is 2. The van der Waals surface area contributed by atoms with Crippen LogP contribution in [0.3, 0.4) is 0 Å². The van der Waals surface area contributed by atoms with Crippen molar-refractivity contribution in [1.29, 1.82) is 0 Å². The number of piperidine rings is 1. The van der Waals surface area contributed by atoms with Crippen LogP contribution >= 0.6 is 0 Å². The molecule has 40 heavy (non-hydrogen) atoms. The van der Waals surface area contributed by atoms with Gasteiger partial charge < -0.3 is 10.6 Å². The van der Waals surface area contributed by atoms with Crippen LogP contribution in [0, 0.1) is 24.5 Å². The first-order valence-electron chi connectivity index (χ1n) is 13.7. The van der Waals surface area contributed by atoms with Crippen LogP contribution in [-0.2, 0) is 19.5 Å². The summed E-state index contributed by atoms with van der Waals surface area (Å²) in [4.78, 5) is 29.6. The van der Waals surface area contributed by atoms with Crippen molar-refractivity contribution in [3.8, 4) is 0 Å². The Labute approximate surface area is 232 Å². The molecular formula is C32H34F2N4O2. The highest BCUT2D eigenvalue weighted by atomic mass is 19.1. The van der Waals surface area contributed by atoms with E-state index in [2.05, 4.69) is 12.1 Å². The van der Waals surface area contributed by atoms with E-state index in [4.69, 9.17) is 5.73 Å². The third kappa shape index (κ3) is 5.77. The van der Waals surface area contributed by atoms with Gasteiger partial charge >= 0.3 is 5.69 Å². The van der Waals surface area contributed by atoms with Gasteiger partial charge in [0.2, 0.25) is 0 Å². The summed E-state index contributed by atoms with van der Waals surface area (Å²) in [6.07, 6.45) is 2.74. The molecule has 1 saturated heterocycles. The second kappa shape index (κ2) is 12.0. The lowest BCUT2D eigenvalue weighted by Gasteiger charge is -2.35.